The first-order valence-corrected chi connectivity index (χ1v) is 9.88. The van der Waals surface area contributed by atoms with Gasteiger partial charge in [-0.15, -0.1) is 15.3 Å². The van der Waals surface area contributed by atoms with Gasteiger partial charge in [0.25, 0.3) is 5.56 Å². The Morgan fingerprint density at radius 1 is 1.31 bits per heavy atom. The van der Waals surface area contributed by atoms with E-state index >= 15 is 0 Å². The molecule has 1 amide bonds. The molecule has 0 radical (unpaired) electrons. The summed E-state index contributed by atoms with van der Waals surface area (Å²) >= 11 is 8.47. The van der Waals surface area contributed by atoms with Gasteiger partial charge in [0.05, 0.1) is 16.5 Å². The van der Waals surface area contributed by atoms with Crippen molar-refractivity contribution in [3.05, 3.63) is 45.3 Å². The molecule has 0 aliphatic rings. The first kappa shape index (κ1) is 18.8. The summed E-state index contributed by atoms with van der Waals surface area (Å²) in [5.41, 5.74) is 0.206. The lowest BCUT2D eigenvalue weighted by Gasteiger charge is -2.14. The molecule has 0 fully saturated rings. The Morgan fingerprint density at radius 3 is 2.73 bits per heavy atom. The second-order valence-corrected chi connectivity index (χ2v) is 9.07. The number of carbonyl (C=O) groups excluding carboxylic acids is 1. The van der Waals surface area contributed by atoms with Crippen molar-refractivity contribution < 1.29 is 4.79 Å². The van der Waals surface area contributed by atoms with E-state index in [9.17, 15) is 9.59 Å². The van der Waals surface area contributed by atoms with E-state index in [0.717, 1.165) is 0 Å². The second kappa shape index (κ2) is 7.34. The van der Waals surface area contributed by atoms with Crippen LogP contribution in [-0.2, 0) is 10.2 Å². The van der Waals surface area contributed by atoms with Gasteiger partial charge < -0.3 is 5.32 Å². The predicted octanol–water partition coefficient (Wildman–Crippen LogP) is 3.23. The van der Waals surface area contributed by atoms with Crippen molar-refractivity contribution in [2.75, 3.05) is 11.1 Å². The zero-order valence-electron chi connectivity index (χ0n) is 14.3. The maximum absolute atomic E-state index is 12.5. The monoisotopic (exact) mass is 409 g/mol. The summed E-state index contributed by atoms with van der Waals surface area (Å²) < 4.78 is 1.81. The van der Waals surface area contributed by atoms with Gasteiger partial charge >= 0.3 is 0 Å². The quantitative estimate of drug-likeness (QED) is 0.665. The van der Waals surface area contributed by atoms with E-state index in [1.54, 1.807) is 24.3 Å². The van der Waals surface area contributed by atoms with Crippen molar-refractivity contribution in [2.45, 2.75) is 30.5 Å². The summed E-state index contributed by atoms with van der Waals surface area (Å²) in [6.45, 7) is 5.68. The number of anilines is 1. The molecule has 26 heavy (non-hydrogen) atoms. The molecular weight excluding hydrogens is 394 g/mol. The van der Waals surface area contributed by atoms with E-state index in [1.807, 2.05) is 20.8 Å². The lowest BCUT2D eigenvalue weighted by atomic mass is 9.93. The van der Waals surface area contributed by atoms with Gasteiger partial charge in [-0.05, 0) is 12.1 Å². The third kappa shape index (κ3) is 4.05. The van der Waals surface area contributed by atoms with Crippen molar-refractivity contribution >= 4 is 51.3 Å². The molecule has 2 heterocycles. The highest BCUT2D eigenvalue weighted by Gasteiger charge is 2.23. The first-order valence-electron chi connectivity index (χ1n) is 7.70. The number of benzene rings is 1. The van der Waals surface area contributed by atoms with Gasteiger partial charge in [-0.2, -0.15) is 4.52 Å². The van der Waals surface area contributed by atoms with E-state index < -0.39 is 5.41 Å². The van der Waals surface area contributed by atoms with Crippen molar-refractivity contribution in [2.24, 2.45) is 0 Å². The van der Waals surface area contributed by atoms with Crippen LogP contribution in [0.15, 0.2) is 33.4 Å². The molecule has 0 atom stereocenters. The van der Waals surface area contributed by atoms with Crippen LogP contribution in [0.4, 0.5) is 5.69 Å². The van der Waals surface area contributed by atoms with Gasteiger partial charge in [0.2, 0.25) is 10.9 Å². The Kier molecular flexibility index (Phi) is 5.31. The standard InChI is InChI=1S/C16H16ClN5O2S2/c1-16(2,3)12-13(24)22-14(20-19-12)26-15(21-22)25-8-11(23)18-10-7-5-4-6-9(10)17/h4-7H,8H2,1-3H3,(H,18,23). The SMILES string of the molecule is CC(C)(C)c1nnc2sc(SCC(=O)Nc3ccccc3Cl)nn2c1=O. The van der Waals surface area contributed by atoms with Crippen LogP contribution >= 0.6 is 34.7 Å². The fourth-order valence-corrected chi connectivity index (χ4v) is 3.96. The third-order valence-corrected chi connectivity index (χ3v) is 5.72. The highest BCUT2D eigenvalue weighted by atomic mass is 35.5. The van der Waals surface area contributed by atoms with Gasteiger partial charge in [-0.1, -0.05) is 67.6 Å². The number of rotatable bonds is 4. The van der Waals surface area contributed by atoms with E-state index in [-0.39, 0.29) is 17.2 Å². The molecule has 0 saturated carbocycles. The maximum atomic E-state index is 12.5. The van der Waals surface area contributed by atoms with Crippen molar-refractivity contribution in [3.63, 3.8) is 0 Å². The average Bonchev–Trinajstić information content (AvgIpc) is 2.98. The predicted molar refractivity (Wildman–Crippen MR) is 104 cm³/mol. The molecule has 10 heteroatoms. The molecule has 0 spiro atoms. The molecule has 1 N–H and O–H groups in total. The number of aromatic nitrogens is 4. The molecule has 0 saturated heterocycles. The number of thioether (sulfide) groups is 1. The largest absolute Gasteiger partial charge is 0.324 e. The van der Waals surface area contributed by atoms with Crippen molar-refractivity contribution in [1.82, 2.24) is 19.8 Å². The Morgan fingerprint density at radius 2 is 2.04 bits per heavy atom. The van der Waals surface area contributed by atoms with E-state index in [2.05, 4.69) is 20.6 Å². The number of nitrogens with one attached hydrogen (secondary N) is 1. The molecule has 0 bridgehead atoms. The normalized spacial score (nSPS) is 11.7. The van der Waals surface area contributed by atoms with E-state index in [1.165, 1.54) is 27.6 Å². The minimum atomic E-state index is -0.420. The molecule has 2 aromatic heterocycles. The molecule has 0 aliphatic heterocycles. The zero-order valence-corrected chi connectivity index (χ0v) is 16.7. The molecule has 7 nitrogen and oxygen atoms in total. The number of carbonyl (C=O) groups is 1. The third-order valence-electron chi connectivity index (χ3n) is 3.36. The number of para-hydroxylation sites is 1. The van der Waals surface area contributed by atoms with Crippen LogP contribution in [0.5, 0.6) is 0 Å². The smallest absolute Gasteiger partial charge is 0.297 e. The molecular formula is C16H16ClN5O2S2. The van der Waals surface area contributed by atoms with Gasteiger partial charge in [-0.25, -0.2) is 0 Å². The molecule has 1 aromatic carbocycles. The fourth-order valence-electron chi connectivity index (χ4n) is 2.10. The topological polar surface area (TPSA) is 89.2 Å². The highest BCUT2D eigenvalue weighted by molar-refractivity contribution is 8.01. The summed E-state index contributed by atoms with van der Waals surface area (Å²) in [6.07, 6.45) is 0. The van der Waals surface area contributed by atoms with Crippen LogP contribution in [0.2, 0.25) is 5.02 Å². The van der Waals surface area contributed by atoms with E-state index in [0.29, 0.717) is 25.7 Å². The van der Waals surface area contributed by atoms with Crippen LogP contribution in [0.1, 0.15) is 26.5 Å². The van der Waals surface area contributed by atoms with Crippen LogP contribution in [0.3, 0.4) is 0 Å². The highest BCUT2D eigenvalue weighted by Crippen LogP contribution is 2.25. The molecule has 3 aromatic rings. The van der Waals surface area contributed by atoms with Crippen LogP contribution in [0.25, 0.3) is 4.96 Å². The molecule has 0 unspecified atom stereocenters. The Balaban J connectivity index is 1.74. The van der Waals surface area contributed by atoms with Crippen LogP contribution in [0, 0.1) is 0 Å². The van der Waals surface area contributed by atoms with Crippen LogP contribution < -0.4 is 10.9 Å². The minimum Gasteiger partial charge on any atom is -0.324 e. The summed E-state index contributed by atoms with van der Waals surface area (Å²) in [5, 5.41) is 15.6. The van der Waals surface area contributed by atoms with Gasteiger partial charge in [-0.3, -0.25) is 9.59 Å². The van der Waals surface area contributed by atoms with Crippen LogP contribution in [-0.4, -0.2) is 31.5 Å². The van der Waals surface area contributed by atoms with E-state index in [4.69, 9.17) is 11.6 Å². The Bertz CT molecular complexity index is 1030. The fraction of sp³-hybridized carbons (Fsp3) is 0.312. The van der Waals surface area contributed by atoms with Gasteiger partial charge in [0.1, 0.15) is 5.69 Å². The summed E-state index contributed by atoms with van der Waals surface area (Å²) in [5.74, 6) is -0.0736. The molecule has 0 aliphatic carbocycles. The van der Waals surface area contributed by atoms with Gasteiger partial charge in [0.15, 0.2) is 4.34 Å². The maximum Gasteiger partial charge on any atom is 0.297 e. The lowest BCUT2D eigenvalue weighted by molar-refractivity contribution is -0.113. The molecule has 136 valence electrons. The summed E-state index contributed by atoms with van der Waals surface area (Å²) in [6, 6.07) is 7.01. The Labute approximate surface area is 162 Å². The first-order chi connectivity index (χ1) is 12.3. The van der Waals surface area contributed by atoms with Crippen molar-refractivity contribution in [1.29, 1.82) is 0 Å². The zero-order chi connectivity index (χ0) is 18.9. The Hall–Kier alpha value is -1.97. The number of nitrogens with zero attached hydrogens (tertiary/aromatic N) is 4. The minimum absolute atomic E-state index is 0.138. The number of amides is 1. The van der Waals surface area contributed by atoms with Gasteiger partial charge in [0, 0.05) is 5.41 Å². The number of hydrogen-bond acceptors (Lipinski definition) is 7. The second-order valence-electron chi connectivity index (χ2n) is 6.48. The summed E-state index contributed by atoms with van der Waals surface area (Å²) in [7, 11) is 0. The average molecular weight is 410 g/mol. The number of hydrogen-bond donors (Lipinski definition) is 1. The number of fused-ring (bicyclic) bond motifs is 1. The van der Waals surface area contributed by atoms with Crippen molar-refractivity contribution in [3.8, 4) is 0 Å². The lowest BCUT2D eigenvalue weighted by Crippen LogP contribution is -2.30. The molecule has 3 rings (SSSR count). The number of halogens is 1. The summed E-state index contributed by atoms with van der Waals surface area (Å²) in [4.78, 5) is 25.0.